The van der Waals surface area contributed by atoms with Crippen LogP contribution in [0.25, 0.3) is 0 Å². The molecule has 112 valence electrons. The Morgan fingerprint density at radius 3 is 2.68 bits per heavy atom. The van der Waals surface area contributed by atoms with Gasteiger partial charge >= 0.3 is 0 Å². The first-order chi connectivity index (χ1) is 8.56. The van der Waals surface area contributed by atoms with E-state index in [2.05, 4.69) is 31.0 Å². The van der Waals surface area contributed by atoms with Crippen LogP contribution in [0.3, 0.4) is 0 Å². The van der Waals surface area contributed by atoms with Crippen LogP contribution in [0.4, 0.5) is 0 Å². The van der Waals surface area contributed by atoms with E-state index in [-0.39, 0.29) is 18.3 Å². The topological polar surface area (TPSA) is 32.3 Å². The summed E-state index contributed by atoms with van der Waals surface area (Å²) < 4.78 is 0. The molecule has 0 radical (unpaired) electrons. The van der Waals surface area contributed by atoms with Crippen molar-refractivity contribution in [1.29, 1.82) is 0 Å². The summed E-state index contributed by atoms with van der Waals surface area (Å²) in [4.78, 5) is 14.7. The van der Waals surface area contributed by atoms with E-state index in [1.165, 1.54) is 25.7 Å². The molecule has 1 amide bonds. The van der Waals surface area contributed by atoms with Crippen LogP contribution in [0.15, 0.2) is 0 Å². The van der Waals surface area contributed by atoms with Gasteiger partial charge in [0.25, 0.3) is 0 Å². The van der Waals surface area contributed by atoms with E-state index < -0.39 is 0 Å². The van der Waals surface area contributed by atoms with E-state index in [0.29, 0.717) is 17.2 Å². The van der Waals surface area contributed by atoms with Crippen molar-refractivity contribution in [1.82, 2.24) is 10.2 Å². The Labute approximate surface area is 123 Å². The van der Waals surface area contributed by atoms with Crippen LogP contribution in [-0.4, -0.2) is 37.0 Å². The fourth-order valence-electron chi connectivity index (χ4n) is 3.47. The smallest absolute Gasteiger partial charge is 0.225 e. The van der Waals surface area contributed by atoms with Crippen LogP contribution in [0, 0.1) is 17.3 Å². The second kappa shape index (κ2) is 6.94. The highest BCUT2D eigenvalue weighted by Crippen LogP contribution is 2.35. The normalized spacial score (nSPS) is 29.3. The molecule has 0 saturated carbocycles. The average molecular weight is 289 g/mol. The van der Waals surface area contributed by atoms with E-state index >= 15 is 0 Å². The van der Waals surface area contributed by atoms with Crippen molar-refractivity contribution < 1.29 is 4.79 Å². The molecular formula is C15H29ClN2O. The predicted molar refractivity (Wildman–Crippen MR) is 81.6 cm³/mol. The summed E-state index contributed by atoms with van der Waals surface area (Å²) >= 11 is 0. The number of piperidine rings is 1. The lowest BCUT2D eigenvalue weighted by Gasteiger charge is -2.43. The van der Waals surface area contributed by atoms with E-state index in [9.17, 15) is 4.79 Å². The zero-order valence-corrected chi connectivity index (χ0v) is 13.4. The van der Waals surface area contributed by atoms with Gasteiger partial charge in [0.1, 0.15) is 0 Å². The number of hydrogen-bond donors (Lipinski definition) is 1. The van der Waals surface area contributed by atoms with E-state index in [0.717, 1.165) is 26.2 Å². The molecule has 0 aliphatic carbocycles. The van der Waals surface area contributed by atoms with Crippen LogP contribution in [-0.2, 0) is 4.79 Å². The summed E-state index contributed by atoms with van der Waals surface area (Å²) in [5.74, 6) is 1.16. The van der Waals surface area contributed by atoms with Crippen LogP contribution in [0.1, 0.15) is 46.5 Å². The molecule has 0 bridgehead atoms. The quantitative estimate of drug-likeness (QED) is 0.863. The number of rotatable bonds is 4. The van der Waals surface area contributed by atoms with Crippen LogP contribution in [0.2, 0.25) is 0 Å². The van der Waals surface area contributed by atoms with Gasteiger partial charge in [-0.25, -0.2) is 0 Å². The zero-order valence-electron chi connectivity index (χ0n) is 12.6. The number of likely N-dealkylation sites (tertiary alicyclic amines) is 1. The maximum Gasteiger partial charge on any atom is 0.225 e. The molecule has 2 saturated heterocycles. The van der Waals surface area contributed by atoms with Gasteiger partial charge in [-0.15, -0.1) is 12.4 Å². The summed E-state index contributed by atoms with van der Waals surface area (Å²) in [6, 6.07) is 0. The molecule has 2 unspecified atom stereocenters. The summed E-state index contributed by atoms with van der Waals surface area (Å²) in [6.45, 7) is 10.7. The number of nitrogens with one attached hydrogen (secondary N) is 1. The van der Waals surface area contributed by atoms with Gasteiger partial charge < -0.3 is 10.2 Å². The number of amides is 1. The fraction of sp³-hybridized carbons (Fsp3) is 0.933. The molecule has 0 aromatic heterocycles. The second-order valence-corrected chi connectivity index (χ2v) is 6.63. The Hall–Kier alpha value is -0.280. The largest absolute Gasteiger partial charge is 0.342 e. The zero-order chi connectivity index (χ0) is 13.2. The van der Waals surface area contributed by atoms with Gasteiger partial charge in [-0.3, -0.25) is 4.79 Å². The van der Waals surface area contributed by atoms with Crippen LogP contribution >= 0.6 is 12.4 Å². The molecule has 2 heterocycles. The van der Waals surface area contributed by atoms with Gasteiger partial charge in [0.2, 0.25) is 5.91 Å². The number of carbonyl (C=O) groups excluding carboxylic acids is 1. The Kier molecular flexibility index (Phi) is 6.13. The Morgan fingerprint density at radius 1 is 1.47 bits per heavy atom. The minimum atomic E-state index is 0. The van der Waals surface area contributed by atoms with Crippen molar-refractivity contribution in [3.8, 4) is 0 Å². The summed E-state index contributed by atoms with van der Waals surface area (Å²) in [6.07, 6.45) is 4.93. The number of hydrogen-bond acceptors (Lipinski definition) is 2. The summed E-state index contributed by atoms with van der Waals surface area (Å²) in [5.41, 5.74) is 0.361. The lowest BCUT2D eigenvalue weighted by atomic mass is 9.77. The number of halogens is 1. The Balaban J connectivity index is 0.00000180. The first-order valence-electron chi connectivity index (χ1n) is 7.55. The minimum absolute atomic E-state index is 0. The maximum atomic E-state index is 12.5. The highest BCUT2D eigenvalue weighted by Gasteiger charge is 2.36. The van der Waals surface area contributed by atoms with Crippen molar-refractivity contribution >= 4 is 18.3 Å². The molecule has 0 aromatic carbocycles. The standard InChI is InChI=1S/C15H28N2O.ClH/c1-4-6-15(3)7-5-8-17(11-15)14(18)12(2)13-9-16-10-13;/h12-13,16H,4-11H2,1-3H3;1H. The molecule has 0 spiro atoms. The van der Waals surface area contributed by atoms with Gasteiger partial charge in [0.05, 0.1) is 0 Å². The SMILES string of the molecule is CCCC1(C)CCCN(C(=O)C(C)C2CNC2)C1.Cl. The molecule has 2 aliphatic rings. The average Bonchev–Trinajstić information content (AvgIpc) is 2.25. The van der Waals surface area contributed by atoms with E-state index in [4.69, 9.17) is 0 Å². The third-order valence-corrected chi connectivity index (χ3v) is 4.86. The molecule has 2 fully saturated rings. The van der Waals surface area contributed by atoms with Gasteiger partial charge in [-0.05, 0) is 43.7 Å². The molecule has 0 aromatic rings. The monoisotopic (exact) mass is 288 g/mol. The Morgan fingerprint density at radius 2 is 2.16 bits per heavy atom. The molecule has 4 heteroatoms. The third kappa shape index (κ3) is 3.85. The van der Waals surface area contributed by atoms with Crippen molar-refractivity contribution in [2.75, 3.05) is 26.2 Å². The predicted octanol–water partition coefficient (Wildman–Crippen LogP) is 2.69. The molecule has 2 aliphatic heterocycles. The van der Waals surface area contributed by atoms with Crippen molar-refractivity contribution in [2.24, 2.45) is 17.3 Å². The van der Waals surface area contributed by atoms with E-state index in [1.807, 2.05) is 0 Å². The third-order valence-electron chi connectivity index (χ3n) is 4.86. The first-order valence-corrected chi connectivity index (χ1v) is 7.55. The lowest BCUT2D eigenvalue weighted by molar-refractivity contribution is -0.140. The molecular weight excluding hydrogens is 260 g/mol. The molecule has 3 nitrogen and oxygen atoms in total. The van der Waals surface area contributed by atoms with Gasteiger partial charge in [-0.2, -0.15) is 0 Å². The van der Waals surface area contributed by atoms with E-state index in [1.54, 1.807) is 0 Å². The highest BCUT2D eigenvalue weighted by molar-refractivity contribution is 5.85. The van der Waals surface area contributed by atoms with Crippen molar-refractivity contribution in [2.45, 2.75) is 46.5 Å². The van der Waals surface area contributed by atoms with Crippen molar-refractivity contribution in [3.05, 3.63) is 0 Å². The first kappa shape index (κ1) is 16.8. The molecule has 19 heavy (non-hydrogen) atoms. The fourth-order valence-corrected chi connectivity index (χ4v) is 3.47. The number of carbonyl (C=O) groups is 1. The highest BCUT2D eigenvalue weighted by atomic mass is 35.5. The second-order valence-electron chi connectivity index (χ2n) is 6.63. The van der Waals surface area contributed by atoms with Crippen molar-refractivity contribution in [3.63, 3.8) is 0 Å². The molecule has 2 atom stereocenters. The number of nitrogens with zero attached hydrogens (tertiary/aromatic N) is 1. The van der Waals surface area contributed by atoms with Gasteiger partial charge in [-0.1, -0.05) is 27.2 Å². The van der Waals surface area contributed by atoms with Gasteiger partial charge in [0, 0.05) is 19.0 Å². The molecule has 1 N–H and O–H groups in total. The minimum Gasteiger partial charge on any atom is -0.342 e. The Bertz CT molecular complexity index is 303. The van der Waals surface area contributed by atoms with Crippen LogP contribution < -0.4 is 5.32 Å². The van der Waals surface area contributed by atoms with Gasteiger partial charge in [0.15, 0.2) is 0 Å². The van der Waals surface area contributed by atoms with Crippen LogP contribution in [0.5, 0.6) is 0 Å². The summed E-state index contributed by atoms with van der Waals surface area (Å²) in [5, 5.41) is 3.27. The maximum absolute atomic E-state index is 12.5. The molecule has 2 rings (SSSR count). The summed E-state index contributed by atoms with van der Waals surface area (Å²) in [7, 11) is 0. The lowest BCUT2D eigenvalue weighted by Crippen LogP contribution is -2.53.